The molecule has 0 saturated carbocycles. The van der Waals surface area contributed by atoms with Crippen molar-refractivity contribution in [2.75, 3.05) is 5.32 Å². The number of nitrogens with zero attached hydrogens (tertiary/aromatic N) is 1. The van der Waals surface area contributed by atoms with E-state index < -0.39 is 4.92 Å². The number of rotatable bonds is 7. The van der Waals surface area contributed by atoms with Gasteiger partial charge in [-0.1, -0.05) is 38.1 Å². The van der Waals surface area contributed by atoms with Crippen molar-refractivity contribution in [1.82, 2.24) is 0 Å². The molecule has 1 heterocycles. The van der Waals surface area contributed by atoms with Crippen molar-refractivity contribution in [3.05, 3.63) is 86.1 Å². The van der Waals surface area contributed by atoms with Crippen LogP contribution in [0.4, 0.5) is 11.4 Å². The molecular formula is C21H20N2O4S. The summed E-state index contributed by atoms with van der Waals surface area (Å²) in [5.74, 6) is 0.444. The van der Waals surface area contributed by atoms with E-state index in [4.69, 9.17) is 4.74 Å². The predicted molar refractivity (Wildman–Crippen MR) is 110 cm³/mol. The molecule has 0 unspecified atom stereocenters. The Morgan fingerprint density at radius 1 is 1.18 bits per heavy atom. The first-order valence-electron chi connectivity index (χ1n) is 8.79. The zero-order valence-corrected chi connectivity index (χ0v) is 16.4. The van der Waals surface area contributed by atoms with Crippen LogP contribution >= 0.6 is 11.3 Å². The number of hydrogen-bond donors (Lipinski definition) is 1. The number of anilines is 1. The van der Waals surface area contributed by atoms with Gasteiger partial charge in [0.15, 0.2) is 5.75 Å². The Kier molecular flexibility index (Phi) is 6.06. The summed E-state index contributed by atoms with van der Waals surface area (Å²) in [5, 5.41) is 15.7. The van der Waals surface area contributed by atoms with Crippen molar-refractivity contribution in [1.29, 1.82) is 0 Å². The van der Waals surface area contributed by atoms with Crippen molar-refractivity contribution in [2.45, 2.75) is 26.4 Å². The largest absolute Gasteiger partial charge is 0.482 e. The average Bonchev–Trinajstić information content (AvgIpc) is 3.16. The topological polar surface area (TPSA) is 81.5 Å². The molecule has 7 heteroatoms. The fraction of sp³-hybridized carbons (Fsp3) is 0.190. The molecule has 1 N–H and O–H groups in total. The fourth-order valence-corrected chi connectivity index (χ4v) is 3.40. The molecule has 28 heavy (non-hydrogen) atoms. The molecule has 0 radical (unpaired) electrons. The molecule has 2 aromatic carbocycles. The standard InChI is InChI=1S/C21H20N2O4S/c1-14(2)16-7-9-17(10-8-16)22-21(24)20-11-15(13-28-20)12-27-19-6-4-3-5-18(19)23(25)26/h3-11,13-14H,12H2,1-2H3,(H,22,24). The second-order valence-electron chi connectivity index (χ2n) is 6.56. The van der Waals surface area contributed by atoms with Crippen molar-refractivity contribution in [2.24, 2.45) is 0 Å². The van der Waals surface area contributed by atoms with Crippen LogP contribution in [0.5, 0.6) is 5.75 Å². The Balaban J connectivity index is 1.62. The molecule has 1 aromatic heterocycles. The van der Waals surface area contributed by atoms with Crippen LogP contribution in [-0.2, 0) is 6.61 Å². The molecule has 0 aliphatic carbocycles. The summed E-state index contributed by atoms with van der Waals surface area (Å²) < 4.78 is 5.56. The SMILES string of the molecule is CC(C)c1ccc(NC(=O)c2cc(COc3ccccc3[N+](=O)[O-])cs2)cc1. The highest BCUT2D eigenvalue weighted by Gasteiger charge is 2.15. The normalized spacial score (nSPS) is 10.7. The lowest BCUT2D eigenvalue weighted by Gasteiger charge is -2.07. The predicted octanol–water partition coefficient (Wildman–Crippen LogP) is 5.61. The van der Waals surface area contributed by atoms with E-state index in [9.17, 15) is 14.9 Å². The van der Waals surface area contributed by atoms with Crippen LogP contribution in [0.15, 0.2) is 60.0 Å². The number of ether oxygens (including phenoxy) is 1. The number of nitrogens with one attached hydrogen (secondary N) is 1. The zero-order chi connectivity index (χ0) is 20.1. The van der Waals surface area contributed by atoms with Crippen LogP contribution in [0.25, 0.3) is 0 Å². The van der Waals surface area contributed by atoms with Crippen molar-refractivity contribution < 1.29 is 14.5 Å². The molecule has 0 atom stereocenters. The van der Waals surface area contributed by atoms with Gasteiger partial charge >= 0.3 is 5.69 Å². The number of carbonyl (C=O) groups is 1. The molecule has 1 amide bonds. The summed E-state index contributed by atoms with van der Waals surface area (Å²) in [7, 11) is 0. The monoisotopic (exact) mass is 396 g/mol. The Labute approximate surface area is 166 Å². The molecule has 0 saturated heterocycles. The van der Waals surface area contributed by atoms with Crippen LogP contribution in [0.3, 0.4) is 0 Å². The van der Waals surface area contributed by atoms with Gasteiger partial charge in [0, 0.05) is 17.3 Å². The lowest BCUT2D eigenvalue weighted by atomic mass is 10.0. The number of para-hydroxylation sites is 2. The highest BCUT2D eigenvalue weighted by atomic mass is 32.1. The number of nitro groups is 1. The molecule has 0 aliphatic rings. The molecule has 0 spiro atoms. The minimum Gasteiger partial charge on any atom is -0.482 e. The van der Waals surface area contributed by atoms with Crippen LogP contribution in [0.2, 0.25) is 0 Å². The quantitative estimate of drug-likeness (QED) is 0.416. The van der Waals surface area contributed by atoms with Gasteiger partial charge in [0.25, 0.3) is 5.91 Å². The third-order valence-electron chi connectivity index (χ3n) is 4.17. The van der Waals surface area contributed by atoms with Crippen molar-refractivity contribution >= 4 is 28.6 Å². The van der Waals surface area contributed by atoms with E-state index in [2.05, 4.69) is 19.2 Å². The summed E-state index contributed by atoms with van der Waals surface area (Å²) >= 11 is 1.30. The van der Waals surface area contributed by atoms with E-state index in [1.165, 1.54) is 23.0 Å². The molecule has 6 nitrogen and oxygen atoms in total. The number of hydrogen-bond acceptors (Lipinski definition) is 5. The van der Waals surface area contributed by atoms with E-state index in [1.807, 2.05) is 29.6 Å². The van der Waals surface area contributed by atoms with Crippen molar-refractivity contribution in [3.63, 3.8) is 0 Å². The number of nitro benzene ring substituents is 1. The van der Waals surface area contributed by atoms with Gasteiger partial charge < -0.3 is 10.1 Å². The highest BCUT2D eigenvalue weighted by Crippen LogP contribution is 2.27. The molecule has 0 aliphatic heterocycles. The lowest BCUT2D eigenvalue weighted by Crippen LogP contribution is -2.10. The van der Waals surface area contributed by atoms with Gasteiger partial charge in [-0.2, -0.15) is 0 Å². The first-order valence-corrected chi connectivity index (χ1v) is 9.67. The third kappa shape index (κ3) is 4.75. The summed E-state index contributed by atoms with van der Waals surface area (Å²) in [6.45, 7) is 4.39. The van der Waals surface area contributed by atoms with E-state index in [1.54, 1.807) is 24.3 Å². The second kappa shape index (κ2) is 8.67. The molecule has 0 bridgehead atoms. The molecule has 0 fully saturated rings. The van der Waals surface area contributed by atoms with E-state index in [-0.39, 0.29) is 24.0 Å². The van der Waals surface area contributed by atoms with Gasteiger partial charge in [-0.15, -0.1) is 11.3 Å². The van der Waals surface area contributed by atoms with E-state index in [0.29, 0.717) is 10.8 Å². The average molecular weight is 396 g/mol. The van der Waals surface area contributed by atoms with Gasteiger partial charge in [0.05, 0.1) is 9.80 Å². The summed E-state index contributed by atoms with van der Waals surface area (Å²) in [6.07, 6.45) is 0. The maximum Gasteiger partial charge on any atom is 0.310 e. The smallest absolute Gasteiger partial charge is 0.310 e. The van der Waals surface area contributed by atoms with E-state index in [0.717, 1.165) is 11.3 Å². The maximum atomic E-state index is 12.4. The number of thiophene rings is 1. The lowest BCUT2D eigenvalue weighted by molar-refractivity contribution is -0.385. The number of amides is 1. The maximum absolute atomic E-state index is 12.4. The minimum atomic E-state index is -0.480. The summed E-state index contributed by atoms with van der Waals surface area (Å²) in [5.41, 5.74) is 2.65. The highest BCUT2D eigenvalue weighted by molar-refractivity contribution is 7.12. The van der Waals surface area contributed by atoms with Crippen LogP contribution in [-0.4, -0.2) is 10.8 Å². The molecule has 3 rings (SSSR count). The Morgan fingerprint density at radius 2 is 1.89 bits per heavy atom. The van der Waals surface area contributed by atoms with Gasteiger partial charge in [0.2, 0.25) is 0 Å². The number of carbonyl (C=O) groups excluding carboxylic acids is 1. The van der Waals surface area contributed by atoms with E-state index >= 15 is 0 Å². The Bertz CT molecular complexity index is 980. The first kappa shape index (κ1) is 19.6. The molecule has 3 aromatic rings. The van der Waals surface area contributed by atoms with Gasteiger partial charge in [-0.05, 0) is 41.1 Å². The van der Waals surface area contributed by atoms with Gasteiger partial charge in [-0.25, -0.2) is 0 Å². The molecular weight excluding hydrogens is 376 g/mol. The summed E-state index contributed by atoms with van der Waals surface area (Å²) in [4.78, 5) is 23.5. The fourth-order valence-electron chi connectivity index (χ4n) is 2.61. The third-order valence-corrected chi connectivity index (χ3v) is 5.15. The second-order valence-corrected chi connectivity index (χ2v) is 7.47. The van der Waals surface area contributed by atoms with Gasteiger partial charge in [-0.3, -0.25) is 14.9 Å². The summed E-state index contributed by atoms with van der Waals surface area (Å²) in [6, 6.07) is 15.7. The Morgan fingerprint density at radius 3 is 2.57 bits per heavy atom. The molecule has 144 valence electrons. The first-order chi connectivity index (χ1) is 13.4. The minimum absolute atomic E-state index is 0.0828. The zero-order valence-electron chi connectivity index (χ0n) is 15.5. The van der Waals surface area contributed by atoms with Crippen LogP contribution in [0.1, 0.15) is 40.6 Å². The Hall–Kier alpha value is -3.19. The van der Waals surface area contributed by atoms with Crippen molar-refractivity contribution in [3.8, 4) is 5.75 Å². The van der Waals surface area contributed by atoms with Crippen LogP contribution < -0.4 is 10.1 Å². The number of benzene rings is 2. The van der Waals surface area contributed by atoms with Gasteiger partial charge in [0.1, 0.15) is 6.61 Å². The van der Waals surface area contributed by atoms with Crippen LogP contribution in [0, 0.1) is 10.1 Å².